The van der Waals surface area contributed by atoms with Crippen molar-refractivity contribution in [3.63, 3.8) is 0 Å². The number of aromatic nitrogens is 3. The number of benzene rings is 1. The van der Waals surface area contributed by atoms with Crippen molar-refractivity contribution in [3.05, 3.63) is 39.2 Å². The van der Waals surface area contributed by atoms with E-state index in [4.69, 9.17) is 4.74 Å². The molecule has 0 spiro atoms. The first-order chi connectivity index (χ1) is 15.4. The Hall–Kier alpha value is -1.66. The summed E-state index contributed by atoms with van der Waals surface area (Å²) in [6.07, 6.45) is 8.20. The van der Waals surface area contributed by atoms with E-state index in [-0.39, 0.29) is 35.4 Å². The topological polar surface area (TPSA) is 121 Å². The number of fused-ring (bicyclic) bond motifs is 2. The molecular formula is C21H27N6NaO4S. The van der Waals surface area contributed by atoms with Crippen LogP contribution in [0.2, 0.25) is 0 Å². The molecule has 1 aliphatic heterocycles. The van der Waals surface area contributed by atoms with Gasteiger partial charge in [0.15, 0.2) is 11.8 Å². The molecule has 33 heavy (non-hydrogen) atoms. The van der Waals surface area contributed by atoms with E-state index in [0.717, 1.165) is 59.6 Å². The van der Waals surface area contributed by atoms with Gasteiger partial charge < -0.3 is 14.8 Å². The van der Waals surface area contributed by atoms with E-state index in [2.05, 4.69) is 26.3 Å². The molecule has 2 aromatic rings. The van der Waals surface area contributed by atoms with Crippen LogP contribution in [-0.4, -0.2) is 48.7 Å². The third-order valence-electron chi connectivity index (χ3n) is 6.49. The zero-order valence-corrected chi connectivity index (χ0v) is 21.9. The van der Waals surface area contributed by atoms with Gasteiger partial charge in [0.1, 0.15) is 0 Å². The van der Waals surface area contributed by atoms with Gasteiger partial charge in [-0.1, -0.05) is 6.07 Å². The molecule has 0 radical (unpaired) electrons. The van der Waals surface area contributed by atoms with Crippen LogP contribution in [0.5, 0.6) is 0 Å². The van der Waals surface area contributed by atoms with Crippen molar-refractivity contribution in [3.8, 4) is 0 Å². The predicted octanol–water partition coefficient (Wildman–Crippen LogP) is -0.367. The molecule has 0 unspecified atom stereocenters. The molecule has 5 rings (SSSR count). The smallest absolute Gasteiger partial charge is 0.423 e. The fourth-order valence-corrected chi connectivity index (χ4v) is 6.35. The predicted molar refractivity (Wildman–Crippen MR) is 119 cm³/mol. The molecule has 1 saturated heterocycles. The Morgan fingerprint density at radius 2 is 1.79 bits per heavy atom. The molecular weight excluding hydrogens is 455 g/mol. The van der Waals surface area contributed by atoms with E-state index in [1.807, 2.05) is 0 Å². The number of rotatable bonds is 5. The summed E-state index contributed by atoms with van der Waals surface area (Å²) >= 11 is 0. The molecule has 12 heteroatoms. The molecule has 1 aromatic heterocycles. The first kappa shape index (κ1) is 24.5. The quantitative estimate of drug-likeness (QED) is 0.581. The molecule has 2 aliphatic carbocycles. The summed E-state index contributed by atoms with van der Waals surface area (Å²) in [6, 6.07) is 0.988. The van der Waals surface area contributed by atoms with Crippen molar-refractivity contribution >= 4 is 27.7 Å². The number of hydrogen-bond donors (Lipinski definition) is 1. The van der Waals surface area contributed by atoms with Gasteiger partial charge in [0.25, 0.3) is 10.2 Å². The van der Waals surface area contributed by atoms with Gasteiger partial charge in [-0.25, -0.2) is 12.7 Å². The Labute approximate surface area is 215 Å². The van der Waals surface area contributed by atoms with Crippen LogP contribution in [-0.2, 0) is 47.7 Å². The van der Waals surface area contributed by atoms with E-state index in [1.54, 1.807) is 7.05 Å². The van der Waals surface area contributed by atoms with Crippen molar-refractivity contribution in [1.82, 2.24) is 15.0 Å². The SMILES string of the molecule is Cn1ncc(N(C2CCOCC2)S(=O)(=O)[N-]C(=O)Nc2c3c(cc4c2CCC4)CCC3)n1.[Na+]. The molecule has 0 bridgehead atoms. The minimum absolute atomic E-state index is 0. The van der Waals surface area contributed by atoms with Crippen molar-refractivity contribution in [2.75, 3.05) is 22.8 Å². The number of nitrogens with one attached hydrogen (secondary N) is 1. The zero-order valence-electron chi connectivity index (χ0n) is 19.1. The Balaban J connectivity index is 0.00000259. The largest absolute Gasteiger partial charge is 1.00 e. The van der Waals surface area contributed by atoms with E-state index in [1.165, 1.54) is 22.1 Å². The molecule has 3 aliphatic rings. The zero-order chi connectivity index (χ0) is 22.3. The van der Waals surface area contributed by atoms with Crippen LogP contribution in [0.15, 0.2) is 12.3 Å². The fourth-order valence-electron chi connectivity index (χ4n) is 5.10. The maximum Gasteiger partial charge on any atom is 1.00 e. The van der Waals surface area contributed by atoms with Gasteiger partial charge in [-0.05, 0) is 79.3 Å². The number of hydrogen-bond acceptors (Lipinski definition) is 6. The second-order valence-electron chi connectivity index (χ2n) is 8.56. The number of carbonyl (C=O) groups excluding carboxylic acids is 1. The van der Waals surface area contributed by atoms with Crippen LogP contribution < -0.4 is 39.2 Å². The maximum atomic E-state index is 13.3. The van der Waals surface area contributed by atoms with E-state index < -0.39 is 22.3 Å². The summed E-state index contributed by atoms with van der Waals surface area (Å²) in [5.74, 6) is 0.150. The molecule has 1 fully saturated rings. The van der Waals surface area contributed by atoms with Crippen LogP contribution in [0, 0.1) is 0 Å². The summed E-state index contributed by atoms with van der Waals surface area (Å²) in [4.78, 5) is 14.2. The molecule has 0 atom stereocenters. The fraction of sp³-hybridized carbons (Fsp3) is 0.571. The van der Waals surface area contributed by atoms with Crippen LogP contribution in [0.3, 0.4) is 0 Å². The number of urea groups is 1. The summed E-state index contributed by atoms with van der Waals surface area (Å²) in [5.41, 5.74) is 5.54. The molecule has 2 heterocycles. The van der Waals surface area contributed by atoms with Crippen LogP contribution in [0.4, 0.5) is 16.3 Å². The van der Waals surface area contributed by atoms with Gasteiger partial charge in [0, 0.05) is 20.3 Å². The summed E-state index contributed by atoms with van der Waals surface area (Å²) in [5, 5.41) is 11.0. The van der Waals surface area contributed by atoms with Gasteiger partial charge in [-0.15, -0.1) is 5.10 Å². The van der Waals surface area contributed by atoms with Crippen molar-refractivity contribution in [1.29, 1.82) is 0 Å². The number of carbonyl (C=O) groups is 1. The van der Waals surface area contributed by atoms with Crippen LogP contribution in [0.1, 0.15) is 47.9 Å². The first-order valence-electron chi connectivity index (χ1n) is 11.1. The number of anilines is 2. The molecule has 1 N–H and O–H groups in total. The van der Waals surface area contributed by atoms with Crippen molar-refractivity contribution in [2.24, 2.45) is 7.05 Å². The number of amides is 2. The minimum Gasteiger partial charge on any atom is -0.423 e. The molecule has 2 amide bonds. The number of ether oxygens (including phenoxy) is 1. The van der Waals surface area contributed by atoms with Gasteiger partial charge >= 0.3 is 29.6 Å². The Kier molecular flexibility index (Phi) is 7.35. The van der Waals surface area contributed by atoms with Crippen molar-refractivity contribution < 1.29 is 47.5 Å². The normalized spacial score (nSPS) is 17.7. The Bertz CT molecular complexity index is 1110. The molecule has 0 saturated carbocycles. The first-order valence-corrected chi connectivity index (χ1v) is 12.5. The van der Waals surface area contributed by atoms with Gasteiger partial charge in [-0.2, -0.15) is 9.90 Å². The second-order valence-corrected chi connectivity index (χ2v) is 10.0. The van der Waals surface area contributed by atoms with Crippen LogP contribution >= 0.6 is 0 Å². The average Bonchev–Trinajstić information content (AvgIpc) is 3.49. The van der Waals surface area contributed by atoms with Gasteiger partial charge in [0.05, 0.1) is 12.2 Å². The summed E-state index contributed by atoms with van der Waals surface area (Å²) < 4.78 is 36.7. The number of aryl methyl sites for hydroxylation is 3. The molecule has 172 valence electrons. The van der Waals surface area contributed by atoms with E-state index >= 15 is 0 Å². The third kappa shape index (κ3) is 4.93. The van der Waals surface area contributed by atoms with Crippen molar-refractivity contribution in [2.45, 2.75) is 57.4 Å². The second kappa shape index (κ2) is 9.91. The molecule has 10 nitrogen and oxygen atoms in total. The number of nitrogens with zero attached hydrogens (tertiary/aromatic N) is 5. The average molecular weight is 483 g/mol. The monoisotopic (exact) mass is 482 g/mol. The van der Waals surface area contributed by atoms with E-state index in [9.17, 15) is 13.2 Å². The molecule has 1 aromatic carbocycles. The van der Waals surface area contributed by atoms with E-state index in [0.29, 0.717) is 26.1 Å². The minimum atomic E-state index is -4.33. The standard InChI is InChI=1S/C21H28N6O4S.Na/c1-26-22-13-19(24-26)27(16-8-10-31-11-9-16)32(29,30)25-21(28)23-20-17-6-2-4-14(17)12-15-5-3-7-18(15)20;/h12-13,16H,2-11H2,1H3,(H2,23,25,28);/q;+1/p-1. The summed E-state index contributed by atoms with van der Waals surface area (Å²) in [6.45, 7) is 0.872. The Morgan fingerprint density at radius 1 is 1.15 bits per heavy atom. The van der Waals surface area contributed by atoms with Crippen LogP contribution in [0.25, 0.3) is 4.72 Å². The summed E-state index contributed by atoms with van der Waals surface area (Å²) in [7, 11) is -2.72. The Morgan fingerprint density at radius 3 is 2.36 bits per heavy atom. The maximum absolute atomic E-state index is 13.3. The third-order valence-corrected chi connectivity index (χ3v) is 7.87. The van der Waals surface area contributed by atoms with Gasteiger partial charge in [-0.3, -0.25) is 4.79 Å². The van der Waals surface area contributed by atoms with Gasteiger partial charge in [0.2, 0.25) is 0 Å².